The second-order valence-corrected chi connectivity index (χ2v) is 4.66. The first kappa shape index (κ1) is 19.4. The summed E-state index contributed by atoms with van der Waals surface area (Å²) in [6.07, 6.45) is -5.52. The molecule has 0 aliphatic carbocycles. The number of carbonyl (C=O) groups excluding carboxylic acids is 1. The molecule has 1 rings (SSSR count). The zero-order valence-corrected chi connectivity index (χ0v) is 12.5. The minimum atomic E-state index is -4.74. The van der Waals surface area contributed by atoms with E-state index in [0.29, 0.717) is 5.56 Å². The summed E-state index contributed by atoms with van der Waals surface area (Å²) in [7, 11) is 1.18. The molecule has 0 aliphatic heterocycles. The molecule has 0 heterocycles. The van der Waals surface area contributed by atoms with Crippen LogP contribution in [0.25, 0.3) is 6.08 Å². The molecule has 0 saturated heterocycles. The van der Waals surface area contributed by atoms with Gasteiger partial charge in [-0.25, -0.2) is 4.79 Å². The Morgan fingerprint density at radius 1 is 1.50 bits per heavy atom. The van der Waals surface area contributed by atoms with E-state index in [1.54, 1.807) is 0 Å². The minimum Gasteiger partial charge on any atom is -0.466 e. The predicted octanol–water partition coefficient (Wildman–Crippen LogP) is 2.51. The van der Waals surface area contributed by atoms with Gasteiger partial charge in [0, 0.05) is 18.7 Å². The van der Waals surface area contributed by atoms with Crippen molar-refractivity contribution in [2.75, 3.05) is 19.0 Å². The van der Waals surface area contributed by atoms with Crippen LogP contribution in [0.2, 0.25) is 0 Å². The molecule has 7 nitrogen and oxygen atoms in total. The van der Waals surface area contributed by atoms with Gasteiger partial charge in [-0.1, -0.05) is 6.07 Å². The number of hydrogen-bond donors (Lipinski definition) is 2. The number of esters is 1. The molecule has 0 radical (unpaired) electrons. The average Bonchev–Trinajstić information content (AvgIpc) is 2.51. The van der Waals surface area contributed by atoms with Gasteiger partial charge in [0.05, 0.1) is 12.0 Å². The van der Waals surface area contributed by atoms with Crippen molar-refractivity contribution in [1.82, 2.24) is 0 Å². The van der Waals surface area contributed by atoms with Crippen LogP contribution in [-0.4, -0.2) is 41.9 Å². The van der Waals surface area contributed by atoms with Crippen LogP contribution >= 0.6 is 0 Å². The molecule has 0 saturated carbocycles. The number of anilines is 1. The van der Waals surface area contributed by atoms with E-state index in [1.165, 1.54) is 25.3 Å². The molecule has 132 valence electrons. The van der Waals surface area contributed by atoms with Crippen molar-refractivity contribution < 1.29 is 32.7 Å². The number of nitrogens with zero attached hydrogens (tertiary/aromatic N) is 1. The fraction of sp³-hybridized carbons (Fsp3) is 0.357. The van der Waals surface area contributed by atoms with Crippen molar-refractivity contribution in [1.29, 1.82) is 0 Å². The topological polar surface area (TPSA) is 102 Å². The molecule has 0 fully saturated rings. The molecule has 0 aromatic heterocycles. The fourth-order valence-electron chi connectivity index (χ4n) is 1.69. The Morgan fingerprint density at radius 2 is 2.17 bits per heavy atom. The fourth-order valence-corrected chi connectivity index (χ4v) is 1.69. The lowest BCUT2D eigenvalue weighted by molar-refractivity contribution is -0.384. The molecule has 0 bridgehead atoms. The molecule has 0 spiro atoms. The van der Waals surface area contributed by atoms with Gasteiger partial charge in [0.15, 0.2) is 6.10 Å². The second kappa shape index (κ2) is 8.29. The van der Waals surface area contributed by atoms with Crippen LogP contribution in [0.3, 0.4) is 0 Å². The van der Waals surface area contributed by atoms with Gasteiger partial charge in [-0.15, -0.1) is 0 Å². The predicted molar refractivity (Wildman–Crippen MR) is 79.3 cm³/mol. The summed E-state index contributed by atoms with van der Waals surface area (Å²) in [6.45, 7) is -0.307. The Kier molecular flexibility index (Phi) is 6.71. The summed E-state index contributed by atoms with van der Waals surface area (Å²) < 4.78 is 40.9. The number of halogens is 3. The molecule has 1 aromatic rings. The second-order valence-electron chi connectivity index (χ2n) is 4.66. The standard InChI is InChI=1S/C14H15F3N2O5/c1-24-13(21)5-3-9-2-4-10(11(8-9)19(22)23)18-7-6-12(20)14(15,16)17/h2-5,8,12,18,20H,6-7H2,1H3. The van der Waals surface area contributed by atoms with E-state index in [2.05, 4.69) is 10.1 Å². The van der Waals surface area contributed by atoms with Crippen molar-refractivity contribution >= 4 is 23.4 Å². The van der Waals surface area contributed by atoms with Crippen LogP contribution in [-0.2, 0) is 9.53 Å². The number of hydrogen-bond acceptors (Lipinski definition) is 6. The molecule has 0 amide bonds. The third-order valence-corrected chi connectivity index (χ3v) is 2.94. The van der Waals surface area contributed by atoms with Gasteiger partial charge in [-0.2, -0.15) is 13.2 Å². The summed E-state index contributed by atoms with van der Waals surface area (Å²) in [5, 5.41) is 22.4. The zero-order chi connectivity index (χ0) is 18.3. The van der Waals surface area contributed by atoms with Crippen molar-refractivity contribution in [3.05, 3.63) is 40.0 Å². The molecule has 24 heavy (non-hydrogen) atoms. The van der Waals surface area contributed by atoms with Crippen LogP contribution in [0, 0.1) is 10.1 Å². The third-order valence-electron chi connectivity index (χ3n) is 2.94. The highest BCUT2D eigenvalue weighted by molar-refractivity contribution is 5.87. The zero-order valence-electron chi connectivity index (χ0n) is 12.5. The first-order chi connectivity index (χ1) is 11.1. The van der Waals surface area contributed by atoms with E-state index in [4.69, 9.17) is 5.11 Å². The SMILES string of the molecule is COC(=O)C=Cc1ccc(NCCC(O)C(F)(F)F)c([N+](=O)[O-])c1. The molecule has 2 N–H and O–H groups in total. The number of benzene rings is 1. The number of aliphatic hydroxyl groups excluding tert-OH is 1. The van der Waals surface area contributed by atoms with Gasteiger partial charge in [-0.3, -0.25) is 10.1 Å². The number of methoxy groups -OCH3 is 1. The van der Waals surface area contributed by atoms with E-state index in [9.17, 15) is 28.1 Å². The lowest BCUT2D eigenvalue weighted by Gasteiger charge is -2.15. The van der Waals surface area contributed by atoms with Crippen LogP contribution in [0.15, 0.2) is 24.3 Å². The highest BCUT2D eigenvalue weighted by Crippen LogP contribution is 2.27. The summed E-state index contributed by atoms with van der Waals surface area (Å²) >= 11 is 0. The van der Waals surface area contributed by atoms with Crippen molar-refractivity contribution in [3.63, 3.8) is 0 Å². The number of rotatable bonds is 7. The molecular formula is C14H15F3N2O5. The highest BCUT2D eigenvalue weighted by atomic mass is 19.4. The summed E-state index contributed by atoms with van der Waals surface area (Å²) in [5.41, 5.74) is -0.0268. The van der Waals surface area contributed by atoms with Crippen LogP contribution < -0.4 is 5.32 Å². The molecule has 1 aromatic carbocycles. The van der Waals surface area contributed by atoms with Gasteiger partial charge >= 0.3 is 12.1 Å². The number of ether oxygens (including phenoxy) is 1. The maximum atomic E-state index is 12.2. The average molecular weight is 348 g/mol. The van der Waals surface area contributed by atoms with E-state index in [1.807, 2.05) is 0 Å². The number of nitro groups is 1. The van der Waals surface area contributed by atoms with Crippen molar-refractivity contribution in [2.45, 2.75) is 18.7 Å². The Hall–Kier alpha value is -2.62. The van der Waals surface area contributed by atoms with Gasteiger partial charge in [0.25, 0.3) is 5.69 Å². The van der Waals surface area contributed by atoms with Crippen molar-refractivity contribution in [2.24, 2.45) is 0 Å². The highest BCUT2D eigenvalue weighted by Gasteiger charge is 2.37. The first-order valence-corrected chi connectivity index (χ1v) is 6.68. The van der Waals surface area contributed by atoms with Gasteiger partial charge in [0.1, 0.15) is 5.69 Å². The summed E-state index contributed by atoms with van der Waals surface area (Å²) in [4.78, 5) is 21.3. The number of alkyl halides is 3. The van der Waals surface area contributed by atoms with Gasteiger partial charge in [-0.05, 0) is 24.1 Å². The number of carbonyl (C=O) groups is 1. The number of nitro benzene ring substituents is 1. The van der Waals surface area contributed by atoms with E-state index < -0.39 is 29.6 Å². The smallest absolute Gasteiger partial charge is 0.414 e. The number of nitrogens with one attached hydrogen (secondary N) is 1. The minimum absolute atomic E-state index is 0.00425. The first-order valence-electron chi connectivity index (χ1n) is 6.68. The van der Waals surface area contributed by atoms with Crippen LogP contribution in [0.4, 0.5) is 24.5 Å². The maximum Gasteiger partial charge on any atom is 0.414 e. The molecule has 10 heteroatoms. The van der Waals surface area contributed by atoms with E-state index >= 15 is 0 Å². The Bertz CT molecular complexity index is 631. The molecular weight excluding hydrogens is 333 g/mol. The maximum absolute atomic E-state index is 12.2. The van der Waals surface area contributed by atoms with E-state index in [-0.39, 0.29) is 17.9 Å². The van der Waals surface area contributed by atoms with Crippen molar-refractivity contribution in [3.8, 4) is 0 Å². The monoisotopic (exact) mass is 348 g/mol. The summed E-state index contributed by atoms with van der Waals surface area (Å²) in [6, 6.07) is 3.89. The van der Waals surface area contributed by atoms with E-state index in [0.717, 1.165) is 12.1 Å². The van der Waals surface area contributed by atoms with Gasteiger partial charge in [0.2, 0.25) is 0 Å². The summed E-state index contributed by atoms with van der Waals surface area (Å²) in [5.74, 6) is -0.638. The normalized spacial score (nSPS) is 12.9. The lowest BCUT2D eigenvalue weighted by Crippen LogP contribution is -2.30. The molecule has 0 aliphatic rings. The van der Waals surface area contributed by atoms with Crippen LogP contribution in [0.5, 0.6) is 0 Å². The largest absolute Gasteiger partial charge is 0.466 e. The third kappa shape index (κ3) is 5.88. The molecule has 1 unspecified atom stereocenters. The quantitative estimate of drug-likeness (QED) is 0.340. The number of aliphatic hydroxyl groups is 1. The van der Waals surface area contributed by atoms with Crippen LogP contribution in [0.1, 0.15) is 12.0 Å². The Morgan fingerprint density at radius 3 is 2.71 bits per heavy atom. The molecule has 1 atom stereocenters. The Labute approximate surface area is 134 Å². The van der Waals surface area contributed by atoms with Gasteiger partial charge < -0.3 is 15.2 Å². The Balaban J connectivity index is 2.83. The lowest BCUT2D eigenvalue weighted by atomic mass is 10.1.